The lowest BCUT2D eigenvalue weighted by Gasteiger charge is -2.36. The first kappa shape index (κ1) is 22.0. The van der Waals surface area contributed by atoms with Crippen LogP contribution in [0.3, 0.4) is 0 Å². The van der Waals surface area contributed by atoms with Crippen LogP contribution in [0.25, 0.3) is 10.1 Å². The molecule has 0 bridgehead atoms. The largest absolute Gasteiger partial charge is 0.383 e. The van der Waals surface area contributed by atoms with Crippen LogP contribution in [0.4, 0.5) is 0 Å². The van der Waals surface area contributed by atoms with E-state index < -0.39 is 0 Å². The van der Waals surface area contributed by atoms with Crippen LogP contribution < -0.4 is 5.32 Å². The van der Waals surface area contributed by atoms with Gasteiger partial charge in [-0.3, -0.25) is 14.4 Å². The van der Waals surface area contributed by atoms with E-state index in [0.717, 1.165) is 36.5 Å². The maximum Gasteiger partial charge on any atom is 0.261 e. The molecule has 0 radical (unpaired) electrons. The zero-order chi connectivity index (χ0) is 21.8. The summed E-state index contributed by atoms with van der Waals surface area (Å²) in [4.78, 5) is 16.4. The molecule has 166 valence electrons. The number of hydrogen-bond donors (Lipinski definition) is 1. The van der Waals surface area contributed by atoms with Crippen LogP contribution in [0.2, 0.25) is 0 Å². The van der Waals surface area contributed by atoms with E-state index in [1.54, 1.807) is 18.4 Å². The molecule has 2 aromatic heterocycles. The molecule has 6 nitrogen and oxygen atoms in total. The summed E-state index contributed by atoms with van der Waals surface area (Å²) < 4.78 is 8.18. The lowest BCUT2D eigenvalue weighted by molar-refractivity contribution is 0.0939. The van der Waals surface area contributed by atoms with E-state index >= 15 is 0 Å². The zero-order valence-electron chi connectivity index (χ0n) is 18.7. The Morgan fingerprint density at radius 2 is 2.16 bits per heavy atom. The molecule has 0 saturated carbocycles. The van der Waals surface area contributed by atoms with Crippen LogP contribution in [0.1, 0.15) is 45.8 Å². The predicted molar refractivity (Wildman–Crippen MR) is 126 cm³/mol. The van der Waals surface area contributed by atoms with Gasteiger partial charge < -0.3 is 10.1 Å². The number of carbonyl (C=O) groups is 1. The molecule has 1 aliphatic rings. The summed E-state index contributed by atoms with van der Waals surface area (Å²) in [7, 11) is 3.63. The fourth-order valence-electron chi connectivity index (χ4n) is 4.59. The summed E-state index contributed by atoms with van der Waals surface area (Å²) in [5, 5.41) is 8.76. The van der Waals surface area contributed by atoms with E-state index in [9.17, 15) is 4.79 Å². The number of carbonyl (C=O) groups excluding carboxylic acids is 1. The number of likely N-dealkylation sites (tertiary alicyclic amines) is 1. The highest BCUT2D eigenvalue weighted by atomic mass is 32.1. The zero-order valence-corrected chi connectivity index (χ0v) is 19.5. The molecule has 1 amide bonds. The number of nitrogens with one attached hydrogen (secondary N) is 1. The Hall–Kier alpha value is -2.22. The van der Waals surface area contributed by atoms with E-state index in [0.29, 0.717) is 19.2 Å². The third-order valence-corrected chi connectivity index (χ3v) is 7.39. The minimum atomic E-state index is 0.0127. The third-order valence-electron chi connectivity index (χ3n) is 6.17. The lowest BCUT2D eigenvalue weighted by Crippen LogP contribution is -2.40. The summed E-state index contributed by atoms with van der Waals surface area (Å²) in [5.41, 5.74) is 3.59. The average molecular weight is 441 g/mol. The summed E-state index contributed by atoms with van der Waals surface area (Å²) in [6, 6.07) is 8.83. The molecule has 0 aliphatic carbocycles. The number of piperidine rings is 1. The van der Waals surface area contributed by atoms with Crippen molar-refractivity contribution < 1.29 is 9.53 Å². The molecule has 31 heavy (non-hydrogen) atoms. The minimum Gasteiger partial charge on any atom is -0.383 e. The smallest absolute Gasteiger partial charge is 0.261 e. The van der Waals surface area contributed by atoms with Gasteiger partial charge in [0.1, 0.15) is 0 Å². The van der Waals surface area contributed by atoms with Gasteiger partial charge in [0, 0.05) is 49.7 Å². The Bertz CT molecular complexity index is 1040. The molecular formula is C24H32N4O2S. The number of aromatic nitrogens is 2. The van der Waals surface area contributed by atoms with Gasteiger partial charge in [0.25, 0.3) is 5.91 Å². The Labute approximate surface area is 188 Å². The van der Waals surface area contributed by atoms with Gasteiger partial charge in [-0.1, -0.05) is 24.6 Å². The van der Waals surface area contributed by atoms with Gasteiger partial charge in [-0.15, -0.1) is 11.3 Å². The predicted octanol–water partition coefficient (Wildman–Crippen LogP) is 3.92. The Morgan fingerprint density at radius 3 is 2.94 bits per heavy atom. The minimum absolute atomic E-state index is 0.0127. The number of aryl methyl sites for hydroxylation is 2. The second kappa shape index (κ2) is 9.94. The number of nitrogens with zero attached hydrogens (tertiary/aromatic N) is 3. The van der Waals surface area contributed by atoms with E-state index in [1.807, 2.05) is 17.8 Å². The summed E-state index contributed by atoms with van der Waals surface area (Å²) in [6.45, 7) is 5.15. The SMILES string of the molecule is COCCNC(=O)c1sc2ccccc2c1CC1CCCCN1Cc1cn(C)nc1C. The number of ether oxygens (including phenoxy) is 1. The summed E-state index contributed by atoms with van der Waals surface area (Å²) in [5.74, 6) is 0.0127. The van der Waals surface area contributed by atoms with Crippen LogP contribution in [0, 0.1) is 6.92 Å². The lowest BCUT2D eigenvalue weighted by atomic mass is 9.93. The van der Waals surface area contributed by atoms with Crippen molar-refractivity contribution in [3.63, 3.8) is 0 Å². The number of fused-ring (bicyclic) bond motifs is 1. The first-order valence-electron chi connectivity index (χ1n) is 11.1. The Balaban J connectivity index is 1.60. The average Bonchev–Trinajstić information content (AvgIpc) is 3.28. The molecular weight excluding hydrogens is 408 g/mol. The number of rotatable bonds is 8. The maximum atomic E-state index is 13.0. The van der Waals surface area contributed by atoms with E-state index in [2.05, 4.69) is 46.6 Å². The molecule has 3 heterocycles. The molecule has 1 aromatic carbocycles. The number of benzene rings is 1. The molecule has 3 aromatic rings. The van der Waals surface area contributed by atoms with Crippen molar-refractivity contribution in [3.8, 4) is 0 Å². The van der Waals surface area contributed by atoms with E-state index in [-0.39, 0.29) is 5.91 Å². The third kappa shape index (κ3) is 5.00. The first-order chi connectivity index (χ1) is 15.1. The van der Waals surface area contributed by atoms with Crippen LogP contribution in [-0.2, 0) is 24.8 Å². The molecule has 1 unspecified atom stereocenters. The van der Waals surface area contributed by atoms with Gasteiger partial charge in [0.15, 0.2) is 0 Å². The molecule has 1 fully saturated rings. The topological polar surface area (TPSA) is 59.4 Å². The first-order valence-corrected chi connectivity index (χ1v) is 11.9. The maximum absolute atomic E-state index is 13.0. The normalized spacial score (nSPS) is 17.3. The van der Waals surface area contributed by atoms with Crippen molar-refractivity contribution in [2.24, 2.45) is 7.05 Å². The van der Waals surface area contributed by atoms with Crippen molar-refractivity contribution in [2.75, 3.05) is 26.8 Å². The Morgan fingerprint density at radius 1 is 1.32 bits per heavy atom. The molecule has 0 spiro atoms. The quantitative estimate of drug-likeness (QED) is 0.540. The van der Waals surface area contributed by atoms with Crippen LogP contribution >= 0.6 is 11.3 Å². The summed E-state index contributed by atoms with van der Waals surface area (Å²) >= 11 is 1.60. The van der Waals surface area contributed by atoms with Crippen LogP contribution in [-0.4, -0.2) is 53.4 Å². The molecule has 1 atom stereocenters. The van der Waals surface area contributed by atoms with Gasteiger partial charge >= 0.3 is 0 Å². The molecule has 7 heteroatoms. The monoisotopic (exact) mass is 440 g/mol. The van der Waals surface area contributed by atoms with Gasteiger partial charge in [-0.25, -0.2) is 0 Å². The van der Waals surface area contributed by atoms with Crippen molar-refractivity contribution >= 4 is 27.3 Å². The highest BCUT2D eigenvalue weighted by Gasteiger charge is 2.27. The van der Waals surface area contributed by atoms with Crippen molar-refractivity contribution in [3.05, 3.63) is 52.2 Å². The van der Waals surface area contributed by atoms with Crippen molar-refractivity contribution in [1.82, 2.24) is 20.0 Å². The van der Waals surface area contributed by atoms with E-state index in [1.165, 1.54) is 34.1 Å². The number of thiophene rings is 1. The fourth-order valence-corrected chi connectivity index (χ4v) is 5.74. The van der Waals surface area contributed by atoms with Crippen molar-refractivity contribution in [1.29, 1.82) is 0 Å². The van der Waals surface area contributed by atoms with Gasteiger partial charge in [0.2, 0.25) is 0 Å². The highest BCUT2D eigenvalue weighted by molar-refractivity contribution is 7.21. The Kier molecular flexibility index (Phi) is 7.05. The number of hydrogen-bond acceptors (Lipinski definition) is 5. The standard InChI is InChI=1S/C24H32N4O2S/c1-17-18(15-27(2)26-17)16-28-12-7-6-8-19(28)14-21-20-9-4-5-10-22(20)31-23(21)24(29)25-11-13-30-3/h4-5,9-10,15,19H,6-8,11-14,16H2,1-3H3,(H,25,29). The van der Waals surface area contributed by atoms with Gasteiger partial charge in [0.05, 0.1) is 17.2 Å². The summed E-state index contributed by atoms with van der Waals surface area (Å²) in [6.07, 6.45) is 6.66. The second-order valence-electron chi connectivity index (χ2n) is 8.39. The van der Waals surface area contributed by atoms with Crippen LogP contribution in [0.15, 0.2) is 30.5 Å². The van der Waals surface area contributed by atoms with E-state index in [4.69, 9.17) is 4.74 Å². The van der Waals surface area contributed by atoms with Gasteiger partial charge in [-0.05, 0) is 49.7 Å². The molecule has 1 N–H and O–H groups in total. The van der Waals surface area contributed by atoms with Gasteiger partial charge in [-0.2, -0.15) is 5.10 Å². The molecule has 1 aliphatic heterocycles. The highest BCUT2D eigenvalue weighted by Crippen LogP contribution is 2.34. The van der Waals surface area contributed by atoms with Crippen molar-refractivity contribution in [2.45, 2.75) is 45.2 Å². The number of methoxy groups -OCH3 is 1. The van der Waals surface area contributed by atoms with Crippen LogP contribution in [0.5, 0.6) is 0 Å². The number of amides is 1. The molecule has 1 saturated heterocycles. The second-order valence-corrected chi connectivity index (χ2v) is 9.44. The fraction of sp³-hybridized carbons (Fsp3) is 0.500. The molecule has 4 rings (SSSR count).